The summed E-state index contributed by atoms with van der Waals surface area (Å²) in [6.07, 6.45) is 6.27. The molecule has 1 N–H and O–H groups in total. The zero-order chi connectivity index (χ0) is 13.7. The molecule has 0 aromatic carbocycles. The Balaban J connectivity index is 2.06. The molecule has 0 radical (unpaired) electrons. The lowest BCUT2D eigenvalue weighted by molar-refractivity contribution is -0.137. The van der Waals surface area contributed by atoms with Gasteiger partial charge in [0.1, 0.15) is 18.7 Å². The maximum Gasteiger partial charge on any atom is 0.247 e. The second kappa shape index (κ2) is 6.65. The SMILES string of the molecule is CCCN(C(=O)C(C)n1cncn1)C1CCCNC1. The van der Waals surface area contributed by atoms with Crippen molar-refractivity contribution < 1.29 is 4.79 Å². The van der Waals surface area contributed by atoms with E-state index in [0.717, 1.165) is 38.9 Å². The molecule has 1 saturated heterocycles. The molecule has 6 nitrogen and oxygen atoms in total. The molecule has 0 aliphatic carbocycles. The average Bonchev–Trinajstić information content (AvgIpc) is 2.98. The minimum Gasteiger partial charge on any atom is -0.337 e. The molecule has 2 atom stereocenters. The normalized spacial score (nSPS) is 21.1. The van der Waals surface area contributed by atoms with Crippen molar-refractivity contribution in [3.8, 4) is 0 Å². The lowest BCUT2D eigenvalue weighted by atomic mass is 10.0. The Morgan fingerprint density at radius 2 is 2.47 bits per heavy atom. The van der Waals surface area contributed by atoms with Crippen LogP contribution in [0, 0.1) is 0 Å². The van der Waals surface area contributed by atoms with Gasteiger partial charge in [-0.05, 0) is 32.7 Å². The van der Waals surface area contributed by atoms with Crippen LogP contribution in [0.25, 0.3) is 0 Å². The molecule has 0 spiro atoms. The molecule has 2 unspecified atom stereocenters. The monoisotopic (exact) mass is 265 g/mol. The first-order chi connectivity index (χ1) is 9.24. The van der Waals surface area contributed by atoms with Crippen molar-refractivity contribution in [2.45, 2.75) is 45.2 Å². The number of amides is 1. The van der Waals surface area contributed by atoms with Crippen LogP contribution in [0.4, 0.5) is 0 Å². The maximum absolute atomic E-state index is 12.6. The number of carbonyl (C=O) groups is 1. The van der Waals surface area contributed by atoms with Crippen LogP contribution in [0.3, 0.4) is 0 Å². The summed E-state index contributed by atoms with van der Waals surface area (Å²) >= 11 is 0. The largest absolute Gasteiger partial charge is 0.337 e. The van der Waals surface area contributed by atoms with E-state index in [1.54, 1.807) is 11.0 Å². The minimum atomic E-state index is -0.282. The predicted molar refractivity (Wildman–Crippen MR) is 72.6 cm³/mol. The van der Waals surface area contributed by atoms with Gasteiger partial charge in [-0.2, -0.15) is 5.10 Å². The van der Waals surface area contributed by atoms with Crippen molar-refractivity contribution in [3.63, 3.8) is 0 Å². The zero-order valence-corrected chi connectivity index (χ0v) is 11.7. The summed E-state index contributed by atoms with van der Waals surface area (Å²) in [5.41, 5.74) is 0. The third-order valence-electron chi connectivity index (χ3n) is 3.65. The first kappa shape index (κ1) is 14.0. The summed E-state index contributed by atoms with van der Waals surface area (Å²) in [7, 11) is 0. The summed E-state index contributed by atoms with van der Waals surface area (Å²) in [5.74, 6) is 0.140. The van der Waals surface area contributed by atoms with E-state index in [-0.39, 0.29) is 11.9 Å². The highest BCUT2D eigenvalue weighted by Crippen LogP contribution is 2.16. The molecule has 1 aromatic heterocycles. The second-order valence-corrected chi connectivity index (χ2v) is 5.08. The van der Waals surface area contributed by atoms with Gasteiger partial charge >= 0.3 is 0 Å². The lowest BCUT2D eigenvalue weighted by Gasteiger charge is -2.36. The number of piperidine rings is 1. The highest BCUT2D eigenvalue weighted by Gasteiger charge is 2.28. The molecule has 0 bridgehead atoms. The van der Waals surface area contributed by atoms with Gasteiger partial charge in [0.05, 0.1) is 0 Å². The Morgan fingerprint density at radius 1 is 1.63 bits per heavy atom. The zero-order valence-electron chi connectivity index (χ0n) is 11.7. The van der Waals surface area contributed by atoms with E-state index < -0.39 is 0 Å². The molecule has 106 valence electrons. The van der Waals surface area contributed by atoms with E-state index in [4.69, 9.17) is 0 Å². The van der Waals surface area contributed by atoms with Gasteiger partial charge in [0.2, 0.25) is 5.91 Å². The molecule has 0 saturated carbocycles. The van der Waals surface area contributed by atoms with Gasteiger partial charge in [0, 0.05) is 19.1 Å². The number of hydrogen-bond donors (Lipinski definition) is 1. The van der Waals surface area contributed by atoms with Crippen molar-refractivity contribution >= 4 is 5.91 Å². The van der Waals surface area contributed by atoms with Crippen molar-refractivity contribution in [1.82, 2.24) is 25.0 Å². The molecule has 19 heavy (non-hydrogen) atoms. The summed E-state index contributed by atoms with van der Waals surface area (Å²) in [6.45, 7) is 6.76. The quantitative estimate of drug-likeness (QED) is 0.856. The van der Waals surface area contributed by atoms with Crippen LogP contribution in [0.2, 0.25) is 0 Å². The first-order valence-electron chi connectivity index (χ1n) is 7.09. The van der Waals surface area contributed by atoms with E-state index in [0.29, 0.717) is 6.04 Å². The predicted octanol–water partition coefficient (Wildman–Crippen LogP) is 0.830. The Bertz CT molecular complexity index is 386. The van der Waals surface area contributed by atoms with Crippen molar-refractivity contribution in [2.24, 2.45) is 0 Å². The number of nitrogens with one attached hydrogen (secondary N) is 1. The maximum atomic E-state index is 12.6. The molecule has 2 rings (SSSR count). The fourth-order valence-corrected chi connectivity index (χ4v) is 2.58. The van der Waals surface area contributed by atoms with E-state index in [2.05, 4.69) is 22.3 Å². The van der Waals surface area contributed by atoms with Gasteiger partial charge in [-0.15, -0.1) is 0 Å². The van der Waals surface area contributed by atoms with Crippen LogP contribution in [-0.4, -0.2) is 51.2 Å². The Morgan fingerprint density at radius 3 is 3.05 bits per heavy atom. The van der Waals surface area contributed by atoms with Crippen LogP contribution >= 0.6 is 0 Å². The van der Waals surface area contributed by atoms with Gasteiger partial charge in [-0.1, -0.05) is 6.92 Å². The molecule has 1 aliphatic rings. The van der Waals surface area contributed by atoms with Crippen LogP contribution in [-0.2, 0) is 4.79 Å². The standard InChI is InChI=1S/C13H23N5O/c1-3-7-17(12-5-4-6-14-8-12)13(19)11(2)18-10-15-9-16-18/h9-12,14H,3-8H2,1-2H3. The Hall–Kier alpha value is -1.43. The fourth-order valence-electron chi connectivity index (χ4n) is 2.58. The summed E-state index contributed by atoms with van der Waals surface area (Å²) in [6, 6.07) is 0.0307. The summed E-state index contributed by atoms with van der Waals surface area (Å²) < 4.78 is 1.63. The molecule has 1 amide bonds. The van der Waals surface area contributed by atoms with E-state index in [9.17, 15) is 4.79 Å². The highest BCUT2D eigenvalue weighted by atomic mass is 16.2. The molecule has 1 fully saturated rings. The Kier molecular flexibility index (Phi) is 4.90. The lowest BCUT2D eigenvalue weighted by Crippen LogP contribution is -2.50. The van der Waals surface area contributed by atoms with Crippen LogP contribution in [0.1, 0.15) is 39.2 Å². The van der Waals surface area contributed by atoms with Crippen LogP contribution in [0.15, 0.2) is 12.7 Å². The highest BCUT2D eigenvalue weighted by molar-refractivity contribution is 5.80. The molecule has 1 aromatic rings. The van der Waals surface area contributed by atoms with Crippen molar-refractivity contribution in [2.75, 3.05) is 19.6 Å². The van der Waals surface area contributed by atoms with Gasteiger partial charge in [-0.3, -0.25) is 4.79 Å². The fraction of sp³-hybridized carbons (Fsp3) is 0.769. The molecule has 2 heterocycles. The first-order valence-corrected chi connectivity index (χ1v) is 7.09. The third kappa shape index (κ3) is 3.32. The van der Waals surface area contributed by atoms with Gasteiger partial charge < -0.3 is 10.2 Å². The minimum absolute atomic E-state index is 0.140. The number of aromatic nitrogens is 3. The Labute approximate surface area is 114 Å². The van der Waals surface area contributed by atoms with E-state index in [1.165, 1.54) is 6.33 Å². The van der Waals surface area contributed by atoms with Gasteiger partial charge in [-0.25, -0.2) is 9.67 Å². The average molecular weight is 265 g/mol. The van der Waals surface area contributed by atoms with Crippen molar-refractivity contribution in [1.29, 1.82) is 0 Å². The number of nitrogens with zero attached hydrogens (tertiary/aromatic N) is 4. The number of carbonyl (C=O) groups excluding carboxylic acids is 1. The number of hydrogen-bond acceptors (Lipinski definition) is 4. The smallest absolute Gasteiger partial charge is 0.247 e. The second-order valence-electron chi connectivity index (χ2n) is 5.08. The summed E-state index contributed by atoms with van der Waals surface area (Å²) in [5, 5.41) is 7.44. The molecule has 6 heteroatoms. The molecular formula is C13H23N5O. The van der Waals surface area contributed by atoms with Crippen LogP contribution in [0.5, 0.6) is 0 Å². The van der Waals surface area contributed by atoms with Crippen molar-refractivity contribution in [3.05, 3.63) is 12.7 Å². The molecular weight excluding hydrogens is 242 g/mol. The van der Waals surface area contributed by atoms with Gasteiger partial charge in [0.15, 0.2) is 0 Å². The third-order valence-corrected chi connectivity index (χ3v) is 3.65. The topological polar surface area (TPSA) is 63.1 Å². The van der Waals surface area contributed by atoms with Gasteiger partial charge in [0.25, 0.3) is 0 Å². The number of rotatable bonds is 5. The van der Waals surface area contributed by atoms with E-state index >= 15 is 0 Å². The van der Waals surface area contributed by atoms with Crippen LogP contribution < -0.4 is 5.32 Å². The summed E-state index contributed by atoms with van der Waals surface area (Å²) in [4.78, 5) is 18.6. The van der Waals surface area contributed by atoms with E-state index in [1.807, 2.05) is 11.8 Å². The molecule has 1 aliphatic heterocycles.